The highest BCUT2D eigenvalue weighted by atomic mass is 16.5. The number of pyridine rings is 1. The second-order valence-electron chi connectivity index (χ2n) is 4.03. The Kier molecular flexibility index (Phi) is 3.66. The molecule has 2 N–H and O–H groups in total. The normalized spacial score (nSPS) is 10.0. The second-order valence-corrected chi connectivity index (χ2v) is 4.03. The van der Waals surface area contributed by atoms with Gasteiger partial charge in [-0.25, -0.2) is 0 Å². The lowest BCUT2D eigenvalue weighted by molar-refractivity contribution is 0.102. The van der Waals surface area contributed by atoms with Gasteiger partial charge in [0.1, 0.15) is 11.5 Å². The van der Waals surface area contributed by atoms with Gasteiger partial charge in [-0.05, 0) is 37.3 Å². The Morgan fingerprint density at radius 2 is 2.11 bits per heavy atom. The second kappa shape index (κ2) is 5.39. The fourth-order valence-electron chi connectivity index (χ4n) is 1.56. The van der Waals surface area contributed by atoms with Gasteiger partial charge in [0, 0.05) is 5.69 Å². The Morgan fingerprint density at radius 1 is 1.32 bits per heavy atom. The maximum absolute atomic E-state index is 12.0. The summed E-state index contributed by atoms with van der Waals surface area (Å²) in [5, 5.41) is 12.4. The maximum Gasteiger partial charge on any atom is 0.259 e. The van der Waals surface area contributed by atoms with Crippen LogP contribution in [0.3, 0.4) is 0 Å². The molecule has 0 saturated carbocycles. The van der Waals surface area contributed by atoms with Crippen molar-refractivity contribution < 1.29 is 14.6 Å². The van der Waals surface area contributed by atoms with Gasteiger partial charge in [-0.15, -0.1) is 0 Å². The number of nitrogens with zero attached hydrogens (tertiary/aromatic N) is 1. The van der Waals surface area contributed by atoms with Crippen molar-refractivity contribution in [3.05, 3.63) is 47.8 Å². The summed E-state index contributed by atoms with van der Waals surface area (Å²) in [5.74, 6) is -0.00888. The summed E-state index contributed by atoms with van der Waals surface area (Å²) in [4.78, 5) is 16.1. The van der Waals surface area contributed by atoms with Crippen LogP contribution in [0.1, 0.15) is 16.1 Å². The number of nitrogens with one attached hydrogen (secondary N) is 1. The van der Waals surface area contributed by atoms with Gasteiger partial charge in [0.15, 0.2) is 0 Å². The van der Waals surface area contributed by atoms with Crippen molar-refractivity contribution in [2.24, 2.45) is 0 Å². The van der Waals surface area contributed by atoms with Crippen LogP contribution in [-0.2, 0) is 0 Å². The minimum Gasteiger partial charge on any atom is -0.507 e. The van der Waals surface area contributed by atoms with E-state index in [0.717, 1.165) is 5.69 Å². The topological polar surface area (TPSA) is 71.5 Å². The molecule has 0 atom stereocenters. The zero-order valence-electron chi connectivity index (χ0n) is 10.7. The van der Waals surface area contributed by atoms with Gasteiger partial charge in [0.25, 0.3) is 5.91 Å². The maximum atomic E-state index is 12.0. The highest BCUT2D eigenvalue weighted by Gasteiger charge is 2.12. The van der Waals surface area contributed by atoms with Gasteiger partial charge in [-0.3, -0.25) is 9.78 Å². The van der Waals surface area contributed by atoms with Crippen LogP contribution in [0, 0.1) is 6.92 Å². The molecule has 1 heterocycles. The predicted octanol–water partition coefficient (Wildman–Crippen LogP) is 2.36. The molecule has 0 bridgehead atoms. The third-order valence-electron chi connectivity index (χ3n) is 2.62. The van der Waals surface area contributed by atoms with Gasteiger partial charge >= 0.3 is 0 Å². The fraction of sp³-hybridized carbons (Fsp3) is 0.143. The first-order valence-electron chi connectivity index (χ1n) is 5.71. The van der Waals surface area contributed by atoms with Crippen molar-refractivity contribution in [3.8, 4) is 11.5 Å². The third kappa shape index (κ3) is 3.01. The minimum atomic E-state index is -0.415. The Labute approximate surface area is 110 Å². The molecule has 5 heteroatoms. The van der Waals surface area contributed by atoms with E-state index in [9.17, 15) is 9.90 Å². The van der Waals surface area contributed by atoms with Gasteiger partial charge < -0.3 is 15.2 Å². The summed E-state index contributed by atoms with van der Waals surface area (Å²) in [6.07, 6.45) is 1.56. The summed E-state index contributed by atoms with van der Waals surface area (Å²) >= 11 is 0. The molecule has 0 unspecified atom stereocenters. The Hall–Kier alpha value is -2.56. The van der Waals surface area contributed by atoms with Crippen molar-refractivity contribution in [2.45, 2.75) is 6.92 Å². The van der Waals surface area contributed by atoms with E-state index in [0.29, 0.717) is 11.4 Å². The predicted molar refractivity (Wildman–Crippen MR) is 71.6 cm³/mol. The summed E-state index contributed by atoms with van der Waals surface area (Å²) in [7, 11) is 1.50. The van der Waals surface area contributed by atoms with Crippen molar-refractivity contribution in [1.82, 2.24) is 4.98 Å². The minimum absolute atomic E-state index is 0.0987. The third-order valence-corrected chi connectivity index (χ3v) is 2.62. The van der Waals surface area contributed by atoms with Gasteiger partial charge in [0.05, 0.1) is 24.6 Å². The summed E-state index contributed by atoms with van der Waals surface area (Å²) < 4.78 is 5.02. The number of amides is 1. The van der Waals surface area contributed by atoms with Crippen molar-refractivity contribution in [1.29, 1.82) is 0 Å². The lowest BCUT2D eigenvalue weighted by atomic mass is 10.1. The average Bonchev–Trinajstić information content (AvgIpc) is 2.42. The highest BCUT2D eigenvalue weighted by Crippen LogP contribution is 2.23. The molecule has 0 radical (unpaired) electrons. The molecular weight excluding hydrogens is 244 g/mol. The molecule has 0 saturated heterocycles. The van der Waals surface area contributed by atoms with E-state index in [-0.39, 0.29) is 11.3 Å². The molecule has 2 rings (SSSR count). The fourth-order valence-corrected chi connectivity index (χ4v) is 1.56. The monoisotopic (exact) mass is 258 g/mol. The van der Waals surface area contributed by atoms with Gasteiger partial charge in [-0.1, -0.05) is 0 Å². The summed E-state index contributed by atoms with van der Waals surface area (Å²) in [6, 6.07) is 8.02. The van der Waals surface area contributed by atoms with Crippen LogP contribution in [0.2, 0.25) is 0 Å². The van der Waals surface area contributed by atoms with Crippen LogP contribution in [0.15, 0.2) is 36.5 Å². The first-order chi connectivity index (χ1) is 9.10. The Bertz CT molecular complexity index is 594. The number of phenols is 1. The van der Waals surface area contributed by atoms with Gasteiger partial charge in [0.2, 0.25) is 0 Å². The number of carbonyl (C=O) groups is 1. The number of hydrogen-bond acceptors (Lipinski definition) is 4. The number of anilines is 1. The first kappa shape index (κ1) is 12.9. The molecule has 1 amide bonds. The highest BCUT2D eigenvalue weighted by molar-refractivity contribution is 6.06. The Balaban J connectivity index is 2.22. The number of rotatable bonds is 3. The van der Waals surface area contributed by atoms with Crippen molar-refractivity contribution in [2.75, 3.05) is 12.4 Å². The van der Waals surface area contributed by atoms with Crippen LogP contribution >= 0.6 is 0 Å². The SMILES string of the molecule is COc1ccc(O)c(C(=O)Nc2ccc(C)nc2)c1. The molecule has 0 fully saturated rings. The molecular formula is C14H14N2O3. The lowest BCUT2D eigenvalue weighted by Gasteiger charge is -2.08. The number of benzene rings is 1. The van der Waals surface area contributed by atoms with Crippen molar-refractivity contribution >= 4 is 11.6 Å². The number of aryl methyl sites for hydroxylation is 1. The summed E-state index contributed by atoms with van der Waals surface area (Å²) in [6.45, 7) is 1.86. The van der Waals surface area contributed by atoms with E-state index in [1.807, 2.05) is 6.92 Å². The zero-order valence-corrected chi connectivity index (χ0v) is 10.7. The molecule has 0 aliphatic rings. The van der Waals surface area contributed by atoms with E-state index in [2.05, 4.69) is 10.3 Å². The zero-order chi connectivity index (χ0) is 13.8. The average molecular weight is 258 g/mol. The van der Waals surface area contributed by atoms with Crippen LogP contribution in [0.5, 0.6) is 11.5 Å². The summed E-state index contributed by atoms with van der Waals surface area (Å²) in [5.41, 5.74) is 1.58. The van der Waals surface area contributed by atoms with E-state index >= 15 is 0 Å². The molecule has 5 nitrogen and oxygen atoms in total. The van der Waals surface area contributed by atoms with Crippen LogP contribution in [0.4, 0.5) is 5.69 Å². The van der Waals surface area contributed by atoms with Gasteiger partial charge in [-0.2, -0.15) is 0 Å². The quantitative estimate of drug-likeness (QED) is 0.886. The molecule has 0 aliphatic carbocycles. The molecule has 1 aromatic carbocycles. The molecule has 0 spiro atoms. The Morgan fingerprint density at radius 3 is 2.74 bits per heavy atom. The number of hydrogen-bond donors (Lipinski definition) is 2. The van der Waals surface area contributed by atoms with Crippen LogP contribution < -0.4 is 10.1 Å². The number of ether oxygens (including phenoxy) is 1. The lowest BCUT2D eigenvalue weighted by Crippen LogP contribution is -2.12. The van der Waals surface area contributed by atoms with E-state index in [1.54, 1.807) is 24.4 Å². The van der Waals surface area contributed by atoms with Crippen molar-refractivity contribution in [3.63, 3.8) is 0 Å². The van der Waals surface area contributed by atoms with Crippen LogP contribution in [-0.4, -0.2) is 23.1 Å². The van der Waals surface area contributed by atoms with Crippen LogP contribution in [0.25, 0.3) is 0 Å². The number of aromatic hydroxyl groups is 1. The molecule has 1 aromatic heterocycles. The van der Waals surface area contributed by atoms with E-state index in [4.69, 9.17) is 4.74 Å². The van der Waals surface area contributed by atoms with E-state index in [1.165, 1.54) is 19.2 Å². The molecule has 2 aromatic rings. The largest absolute Gasteiger partial charge is 0.507 e. The number of carbonyl (C=O) groups excluding carboxylic acids is 1. The standard InChI is InChI=1S/C14H14N2O3/c1-9-3-4-10(8-15-9)16-14(18)12-7-11(19-2)5-6-13(12)17/h3-8,17H,1-2H3,(H,16,18). The molecule has 0 aliphatic heterocycles. The number of methoxy groups -OCH3 is 1. The first-order valence-corrected chi connectivity index (χ1v) is 5.71. The smallest absolute Gasteiger partial charge is 0.259 e. The number of aromatic nitrogens is 1. The molecule has 98 valence electrons. The van der Waals surface area contributed by atoms with E-state index < -0.39 is 5.91 Å². The number of phenolic OH excluding ortho intramolecular Hbond substituents is 1. The molecule has 19 heavy (non-hydrogen) atoms.